The molecular formula is C17H30N4O7S. The van der Waals surface area contributed by atoms with Crippen LogP contribution in [0.25, 0.3) is 0 Å². The predicted octanol–water partition coefficient (Wildman–Crippen LogP) is -2.51. The summed E-state index contributed by atoms with van der Waals surface area (Å²) in [4.78, 5) is 49.9. The number of hydrogen-bond acceptors (Lipinski definition) is 8. The SMILES string of the molecule is CSCCC(NC(=O)C1CCCN1C(=O)C(CO)NC(=O)C(N)C(C)O)C(=O)O. The fourth-order valence-electron chi connectivity index (χ4n) is 2.94. The lowest BCUT2D eigenvalue weighted by atomic mass is 10.1. The number of aliphatic hydroxyl groups is 2. The molecule has 1 rings (SSSR count). The van der Waals surface area contributed by atoms with E-state index in [9.17, 15) is 34.5 Å². The van der Waals surface area contributed by atoms with E-state index in [1.54, 1.807) is 0 Å². The van der Waals surface area contributed by atoms with Gasteiger partial charge in [-0.05, 0) is 38.2 Å². The third-order valence-electron chi connectivity index (χ3n) is 4.68. The molecule has 0 spiro atoms. The van der Waals surface area contributed by atoms with Gasteiger partial charge in [-0.2, -0.15) is 11.8 Å². The van der Waals surface area contributed by atoms with Crippen molar-refractivity contribution in [1.82, 2.24) is 15.5 Å². The van der Waals surface area contributed by atoms with Crippen LogP contribution in [0.5, 0.6) is 0 Å². The Morgan fingerprint density at radius 3 is 2.41 bits per heavy atom. The lowest BCUT2D eigenvalue weighted by Gasteiger charge is -2.29. The molecule has 0 radical (unpaired) electrons. The zero-order valence-electron chi connectivity index (χ0n) is 16.5. The van der Waals surface area contributed by atoms with Crippen molar-refractivity contribution in [2.24, 2.45) is 5.73 Å². The molecule has 0 saturated carbocycles. The standard InChI is InChI=1S/C17H30N4O7S/c1-9(23)13(18)15(25)20-11(8-22)16(26)21-6-3-4-12(21)14(24)19-10(17(27)28)5-7-29-2/h9-13,22-23H,3-8,18H2,1-2H3,(H,19,24)(H,20,25)(H,27,28). The number of nitrogens with two attached hydrogens (primary N) is 1. The summed E-state index contributed by atoms with van der Waals surface area (Å²) in [5, 5.41) is 32.9. The zero-order chi connectivity index (χ0) is 22.1. The topological polar surface area (TPSA) is 182 Å². The fourth-order valence-corrected chi connectivity index (χ4v) is 3.41. The van der Waals surface area contributed by atoms with Crippen molar-refractivity contribution >= 4 is 35.5 Å². The lowest BCUT2D eigenvalue weighted by molar-refractivity contribution is -0.145. The highest BCUT2D eigenvalue weighted by Gasteiger charge is 2.39. The molecule has 5 unspecified atom stereocenters. The Balaban J connectivity index is 2.82. The van der Waals surface area contributed by atoms with Gasteiger partial charge in [0.25, 0.3) is 0 Å². The smallest absolute Gasteiger partial charge is 0.326 e. The molecule has 1 saturated heterocycles. The van der Waals surface area contributed by atoms with E-state index in [1.807, 2.05) is 6.26 Å². The van der Waals surface area contributed by atoms with Crippen LogP contribution in [0.3, 0.4) is 0 Å². The molecule has 29 heavy (non-hydrogen) atoms. The second kappa shape index (κ2) is 12.0. The third kappa shape index (κ3) is 7.14. The number of rotatable bonds is 11. The van der Waals surface area contributed by atoms with Gasteiger partial charge in [0, 0.05) is 6.54 Å². The second-order valence-corrected chi connectivity index (χ2v) is 7.87. The van der Waals surface area contributed by atoms with E-state index in [-0.39, 0.29) is 13.0 Å². The minimum atomic E-state index is -1.33. The number of nitrogens with zero attached hydrogens (tertiary/aromatic N) is 1. The summed E-state index contributed by atoms with van der Waals surface area (Å²) in [5.74, 6) is -2.68. The summed E-state index contributed by atoms with van der Waals surface area (Å²) >= 11 is 1.45. The molecule has 3 amide bonds. The third-order valence-corrected chi connectivity index (χ3v) is 5.33. The maximum atomic E-state index is 12.8. The van der Waals surface area contributed by atoms with Gasteiger partial charge in [-0.25, -0.2) is 4.79 Å². The Morgan fingerprint density at radius 2 is 1.90 bits per heavy atom. The van der Waals surface area contributed by atoms with Gasteiger partial charge in [-0.15, -0.1) is 0 Å². The molecule has 0 aromatic rings. The van der Waals surface area contributed by atoms with E-state index in [1.165, 1.54) is 23.6 Å². The molecule has 0 aromatic heterocycles. The van der Waals surface area contributed by atoms with Crippen molar-refractivity contribution in [3.05, 3.63) is 0 Å². The van der Waals surface area contributed by atoms with E-state index >= 15 is 0 Å². The number of nitrogens with one attached hydrogen (secondary N) is 2. The van der Waals surface area contributed by atoms with E-state index in [0.717, 1.165) is 0 Å². The van der Waals surface area contributed by atoms with Crippen LogP contribution < -0.4 is 16.4 Å². The number of carboxylic acid groups (broad SMARTS) is 1. The fraction of sp³-hybridized carbons (Fsp3) is 0.765. The van der Waals surface area contributed by atoms with Crippen LogP contribution in [0, 0.1) is 0 Å². The highest BCUT2D eigenvalue weighted by Crippen LogP contribution is 2.19. The maximum absolute atomic E-state index is 12.8. The molecule has 0 aromatic carbocycles. The van der Waals surface area contributed by atoms with Crippen molar-refractivity contribution in [2.75, 3.05) is 25.2 Å². The molecule has 1 fully saturated rings. The summed E-state index contributed by atoms with van der Waals surface area (Å²) in [7, 11) is 0. The van der Waals surface area contributed by atoms with E-state index in [4.69, 9.17) is 5.73 Å². The number of thioether (sulfide) groups is 1. The average Bonchev–Trinajstić information content (AvgIpc) is 3.17. The van der Waals surface area contributed by atoms with Crippen molar-refractivity contribution in [2.45, 2.75) is 56.5 Å². The quantitative estimate of drug-likeness (QED) is 0.204. The summed E-state index contributed by atoms with van der Waals surface area (Å²) in [6.07, 6.45) is 1.78. The number of likely N-dealkylation sites (tertiary alicyclic amines) is 1. The van der Waals surface area contributed by atoms with Crippen LogP contribution in [0.2, 0.25) is 0 Å². The normalized spacial score (nSPS) is 20.4. The van der Waals surface area contributed by atoms with Crippen LogP contribution in [-0.4, -0.2) is 99.3 Å². The summed E-state index contributed by atoms with van der Waals surface area (Å²) in [6.45, 7) is 0.832. The van der Waals surface area contributed by atoms with Gasteiger partial charge < -0.3 is 36.6 Å². The van der Waals surface area contributed by atoms with Gasteiger partial charge in [0.15, 0.2) is 0 Å². The van der Waals surface area contributed by atoms with Gasteiger partial charge >= 0.3 is 5.97 Å². The van der Waals surface area contributed by atoms with Crippen molar-refractivity contribution < 1.29 is 34.5 Å². The number of carbonyl (C=O) groups excluding carboxylic acids is 3. The predicted molar refractivity (Wildman–Crippen MR) is 106 cm³/mol. The summed E-state index contributed by atoms with van der Waals surface area (Å²) in [6, 6.07) is -4.56. The van der Waals surface area contributed by atoms with Crippen molar-refractivity contribution in [1.29, 1.82) is 0 Å². The Hall–Kier alpha value is -1.89. The van der Waals surface area contributed by atoms with E-state index in [0.29, 0.717) is 18.6 Å². The van der Waals surface area contributed by atoms with Gasteiger partial charge in [0.05, 0.1) is 12.7 Å². The number of hydrogen-bond donors (Lipinski definition) is 6. The van der Waals surface area contributed by atoms with Crippen LogP contribution in [0.15, 0.2) is 0 Å². The average molecular weight is 435 g/mol. The molecule has 12 heteroatoms. The Morgan fingerprint density at radius 1 is 1.24 bits per heavy atom. The molecule has 11 nitrogen and oxygen atoms in total. The number of aliphatic carboxylic acids is 1. The van der Waals surface area contributed by atoms with E-state index < -0.39 is 60.6 Å². The molecule has 7 N–H and O–H groups in total. The van der Waals surface area contributed by atoms with Crippen LogP contribution in [-0.2, 0) is 19.2 Å². The molecule has 1 aliphatic heterocycles. The molecule has 1 aliphatic rings. The first kappa shape index (κ1) is 25.1. The Bertz CT molecular complexity index is 604. The maximum Gasteiger partial charge on any atom is 0.326 e. The Labute approximate surface area is 173 Å². The molecule has 5 atom stereocenters. The number of carbonyl (C=O) groups is 4. The molecular weight excluding hydrogens is 404 g/mol. The minimum Gasteiger partial charge on any atom is -0.480 e. The zero-order valence-corrected chi connectivity index (χ0v) is 17.4. The largest absolute Gasteiger partial charge is 0.480 e. The first-order chi connectivity index (χ1) is 13.6. The summed E-state index contributed by atoms with van der Waals surface area (Å²) in [5.41, 5.74) is 5.53. The lowest BCUT2D eigenvalue weighted by Crippen LogP contribution is -2.58. The molecule has 166 valence electrons. The molecule has 0 bridgehead atoms. The minimum absolute atomic E-state index is 0.230. The number of amides is 3. The number of aliphatic hydroxyl groups excluding tert-OH is 2. The highest BCUT2D eigenvalue weighted by molar-refractivity contribution is 7.98. The van der Waals surface area contributed by atoms with Crippen LogP contribution in [0.4, 0.5) is 0 Å². The van der Waals surface area contributed by atoms with Crippen molar-refractivity contribution in [3.8, 4) is 0 Å². The summed E-state index contributed by atoms with van der Waals surface area (Å²) < 4.78 is 0. The van der Waals surface area contributed by atoms with Crippen LogP contribution in [0.1, 0.15) is 26.2 Å². The monoisotopic (exact) mass is 434 g/mol. The van der Waals surface area contributed by atoms with Gasteiger partial charge in [-0.3, -0.25) is 14.4 Å². The molecule has 0 aliphatic carbocycles. The van der Waals surface area contributed by atoms with Crippen molar-refractivity contribution in [3.63, 3.8) is 0 Å². The van der Waals surface area contributed by atoms with Gasteiger partial charge in [-0.1, -0.05) is 0 Å². The first-order valence-corrected chi connectivity index (χ1v) is 10.7. The van der Waals surface area contributed by atoms with Crippen LogP contribution >= 0.6 is 11.8 Å². The second-order valence-electron chi connectivity index (χ2n) is 6.88. The number of carboxylic acids is 1. The molecule has 1 heterocycles. The first-order valence-electron chi connectivity index (χ1n) is 9.31. The Kier molecular flexibility index (Phi) is 10.4. The van der Waals surface area contributed by atoms with Gasteiger partial charge in [0.2, 0.25) is 17.7 Å². The highest BCUT2D eigenvalue weighted by atomic mass is 32.2. The van der Waals surface area contributed by atoms with E-state index in [2.05, 4.69) is 10.6 Å². The van der Waals surface area contributed by atoms with Gasteiger partial charge in [0.1, 0.15) is 24.2 Å².